The number of carbonyl (C=O) groups is 1. The quantitative estimate of drug-likeness (QED) is 0.194. The summed E-state index contributed by atoms with van der Waals surface area (Å²) in [6.45, 7) is 4.38. The molecule has 0 bridgehead atoms. The molecular weight excluding hydrogens is 550 g/mol. The highest BCUT2D eigenvalue weighted by Gasteiger charge is 2.23. The lowest BCUT2D eigenvalue weighted by Crippen LogP contribution is -2.33. The lowest BCUT2D eigenvalue weighted by Gasteiger charge is -2.08. The predicted molar refractivity (Wildman–Crippen MR) is 163 cm³/mol. The summed E-state index contributed by atoms with van der Waals surface area (Å²) in [7, 11) is -4.16. The molecule has 2 heterocycles. The molecule has 0 aliphatic heterocycles. The third kappa shape index (κ3) is 5.24. The van der Waals surface area contributed by atoms with Crippen molar-refractivity contribution in [2.24, 2.45) is 0 Å². The van der Waals surface area contributed by atoms with E-state index in [0.29, 0.717) is 18.5 Å². The van der Waals surface area contributed by atoms with Crippen molar-refractivity contribution in [3.05, 3.63) is 102 Å². The Balaban J connectivity index is 0.000000206. The minimum absolute atomic E-state index is 0.155. The first kappa shape index (κ1) is 27.6. The van der Waals surface area contributed by atoms with Crippen LogP contribution in [0.2, 0.25) is 0 Å². The van der Waals surface area contributed by atoms with E-state index in [4.69, 9.17) is 10.2 Å². The molecule has 0 saturated carbocycles. The lowest BCUT2D eigenvalue weighted by molar-refractivity contribution is -0.646. The van der Waals surface area contributed by atoms with Crippen LogP contribution < -0.4 is 4.57 Å². The Bertz CT molecular complexity index is 2210. The van der Waals surface area contributed by atoms with Gasteiger partial charge in [0.15, 0.2) is 5.52 Å². The molecule has 5 aromatic carbocycles. The molecule has 9 heteroatoms. The Morgan fingerprint density at radius 1 is 0.905 bits per heavy atom. The number of carboxylic acids is 1. The van der Waals surface area contributed by atoms with Crippen LogP contribution in [-0.4, -0.2) is 33.7 Å². The zero-order chi connectivity index (χ0) is 29.6. The van der Waals surface area contributed by atoms with Crippen molar-refractivity contribution in [1.82, 2.24) is 9.61 Å². The number of hydrogen-bond donors (Lipinski definition) is 1. The summed E-state index contributed by atoms with van der Waals surface area (Å²) >= 11 is 0. The Kier molecular flexibility index (Phi) is 7.00. The molecule has 0 radical (unpaired) electrons. The van der Waals surface area contributed by atoms with Crippen LogP contribution in [0.25, 0.3) is 49.1 Å². The molecule has 0 atom stereocenters. The molecule has 212 valence electrons. The molecule has 0 aliphatic carbocycles. The average Bonchev–Trinajstić information content (AvgIpc) is 3.40. The van der Waals surface area contributed by atoms with Crippen molar-refractivity contribution >= 4 is 65.2 Å². The van der Waals surface area contributed by atoms with Crippen molar-refractivity contribution in [2.45, 2.75) is 39.0 Å². The van der Waals surface area contributed by atoms with Gasteiger partial charge in [-0.1, -0.05) is 87.5 Å². The van der Waals surface area contributed by atoms with Crippen LogP contribution in [0.5, 0.6) is 0 Å². The fraction of sp³-hybridized carbons (Fsp3) is 0.182. The maximum atomic E-state index is 11.0. The number of para-hydroxylation sites is 2. The Morgan fingerprint density at radius 2 is 1.60 bits per heavy atom. The highest BCUT2D eigenvalue weighted by molar-refractivity contribution is 7.84. The van der Waals surface area contributed by atoms with Gasteiger partial charge in [0, 0.05) is 23.3 Å². The number of benzene rings is 4. The third-order valence-electron chi connectivity index (χ3n) is 7.47. The highest BCUT2D eigenvalue weighted by atomic mass is 32.2. The summed E-state index contributed by atoms with van der Waals surface area (Å²) in [5.74, 6) is -1.19. The van der Waals surface area contributed by atoms with Crippen molar-refractivity contribution in [1.29, 1.82) is 0 Å². The first-order chi connectivity index (χ1) is 20.1. The number of aryl methyl sites for hydroxylation is 3. The monoisotopic (exact) mass is 579 g/mol. The molecule has 7 aromatic rings. The van der Waals surface area contributed by atoms with Crippen LogP contribution in [0.4, 0.5) is 0 Å². The standard InChI is InChI=1S/C24H17N3O2.C9H12O3S/c28-22(29)12-5-13-26-19-10-1-2-11-20(19)27-21(26)14-18-16-8-3-6-15-7-4-9-17(23(15)16)24(18)25-27;1-7-3-8(2)5-9(4-7)6-13(10,11)12/h1-4,6-11,14H,5,12-13H2;3-5H,6H2,1-2H3,(H,10,11,12). The van der Waals surface area contributed by atoms with Crippen LogP contribution in [-0.2, 0) is 27.2 Å². The second kappa shape index (κ2) is 10.7. The van der Waals surface area contributed by atoms with Gasteiger partial charge in [-0.25, -0.2) is 13.0 Å². The topological polar surface area (TPSA) is 116 Å². The maximum Gasteiger partial charge on any atom is 0.308 e. The van der Waals surface area contributed by atoms with E-state index in [1.165, 1.54) is 21.5 Å². The first-order valence-electron chi connectivity index (χ1n) is 13.7. The molecule has 0 unspecified atom stereocenters. The van der Waals surface area contributed by atoms with Crippen LogP contribution in [0.15, 0.2) is 84.9 Å². The normalized spacial score (nSPS) is 12.0. The molecule has 42 heavy (non-hydrogen) atoms. The first-order valence-corrected chi connectivity index (χ1v) is 15.3. The minimum atomic E-state index is -4.16. The molecule has 2 aromatic heterocycles. The van der Waals surface area contributed by atoms with Gasteiger partial charge < -0.3 is 9.66 Å². The highest BCUT2D eigenvalue weighted by Crippen LogP contribution is 2.37. The summed E-state index contributed by atoms with van der Waals surface area (Å²) in [5, 5.41) is 20.1. The summed E-state index contributed by atoms with van der Waals surface area (Å²) in [6, 6.07) is 28.5. The van der Waals surface area contributed by atoms with Gasteiger partial charge >= 0.3 is 11.6 Å². The van der Waals surface area contributed by atoms with Crippen molar-refractivity contribution in [3.8, 4) is 0 Å². The Hall–Kier alpha value is -4.60. The SMILES string of the molecule is Cc1cc(C)cc(CS(=O)(=O)[O-])c1.O=C(O)CCC[n+]1c2ccccc2n2nc3c(cc21)c1cccc2cccc3c21. The van der Waals surface area contributed by atoms with Gasteiger partial charge in [-0.05, 0) is 54.1 Å². The van der Waals surface area contributed by atoms with Gasteiger partial charge in [-0.15, -0.1) is 0 Å². The van der Waals surface area contributed by atoms with Crippen LogP contribution >= 0.6 is 0 Å². The van der Waals surface area contributed by atoms with E-state index in [1.54, 1.807) is 12.1 Å². The summed E-state index contributed by atoms with van der Waals surface area (Å²) in [5.41, 5.74) is 6.59. The molecular formula is C33H29N3O5S. The summed E-state index contributed by atoms with van der Waals surface area (Å²) in [6.07, 6.45) is 0.734. The Morgan fingerprint density at radius 3 is 2.29 bits per heavy atom. The van der Waals surface area contributed by atoms with Gasteiger partial charge in [0.2, 0.25) is 5.52 Å². The van der Waals surface area contributed by atoms with Crippen LogP contribution in [0.1, 0.15) is 29.5 Å². The van der Waals surface area contributed by atoms with Crippen molar-refractivity contribution in [2.75, 3.05) is 0 Å². The molecule has 0 amide bonds. The number of aromatic nitrogens is 3. The minimum Gasteiger partial charge on any atom is -0.748 e. The van der Waals surface area contributed by atoms with Gasteiger partial charge in [0.1, 0.15) is 5.52 Å². The molecule has 0 spiro atoms. The fourth-order valence-corrected chi connectivity index (χ4v) is 6.55. The number of hydrogen-bond acceptors (Lipinski definition) is 5. The zero-order valence-corrected chi connectivity index (χ0v) is 24.1. The van der Waals surface area contributed by atoms with Gasteiger partial charge in [0.25, 0.3) is 0 Å². The van der Waals surface area contributed by atoms with Crippen molar-refractivity contribution < 1.29 is 27.4 Å². The van der Waals surface area contributed by atoms with E-state index >= 15 is 0 Å². The van der Waals surface area contributed by atoms with E-state index in [9.17, 15) is 17.8 Å². The fourth-order valence-electron chi connectivity index (χ4n) is 5.98. The van der Waals surface area contributed by atoms with Crippen LogP contribution in [0.3, 0.4) is 0 Å². The Labute approximate surface area is 242 Å². The van der Waals surface area contributed by atoms with Gasteiger partial charge in [-0.3, -0.25) is 4.79 Å². The molecule has 0 saturated heterocycles. The van der Waals surface area contributed by atoms with E-state index in [1.807, 2.05) is 36.6 Å². The zero-order valence-electron chi connectivity index (χ0n) is 23.2. The predicted octanol–water partition coefficient (Wildman–Crippen LogP) is 5.89. The number of aliphatic carboxylic acids is 1. The lowest BCUT2D eigenvalue weighted by atomic mass is 10.1. The largest absolute Gasteiger partial charge is 0.748 e. The number of fused-ring (bicyclic) bond motifs is 6. The van der Waals surface area contributed by atoms with E-state index in [-0.39, 0.29) is 6.42 Å². The smallest absolute Gasteiger partial charge is 0.308 e. The molecule has 1 N–H and O–H groups in total. The number of imidazole rings is 1. The number of carboxylic acid groups (broad SMARTS) is 1. The van der Waals surface area contributed by atoms with E-state index in [2.05, 4.69) is 59.2 Å². The number of nitrogens with zero attached hydrogens (tertiary/aromatic N) is 3. The maximum absolute atomic E-state index is 11.0. The molecule has 0 fully saturated rings. The summed E-state index contributed by atoms with van der Waals surface area (Å²) in [4.78, 5) is 11.0. The van der Waals surface area contributed by atoms with E-state index in [0.717, 1.165) is 38.7 Å². The molecule has 0 aliphatic rings. The van der Waals surface area contributed by atoms with Gasteiger partial charge in [-0.2, -0.15) is 0 Å². The molecule has 7 rings (SSSR count). The second-order valence-electron chi connectivity index (χ2n) is 10.7. The molecule has 8 nitrogen and oxygen atoms in total. The summed E-state index contributed by atoms with van der Waals surface area (Å²) < 4.78 is 35.6. The third-order valence-corrected chi connectivity index (χ3v) is 8.16. The van der Waals surface area contributed by atoms with E-state index < -0.39 is 21.8 Å². The average molecular weight is 580 g/mol. The van der Waals surface area contributed by atoms with Crippen molar-refractivity contribution in [3.63, 3.8) is 0 Å². The van der Waals surface area contributed by atoms with Crippen LogP contribution in [0, 0.1) is 13.8 Å². The second-order valence-corrected chi connectivity index (χ2v) is 12.1. The van der Waals surface area contributed by atoms with Gasteiger partial charge in [0.05, 0.1) is 22.4 Å². The number of rotatable bonds is 6.